The first-order valence-electron chi connectivity index (χ1n) is 6.85. The predicted octanol–water partition coefficient (Wildman–Crippen LogP) is 1.63. The zero-order valence-corrected chi connectivity index (χ0v) is 11.7. The zero-order chi connectivity index (χ0) is 14.7. The lowest BCUT2D eigenvalue weighted by Gasteiger charge is -2.26. The third-order valence-electron chi connectivity index (χ3n) is 3.75. The molecule has 1 aromatic rings. The molecule has 1 aliphatic rings. The van der Waals surface area contributed by atoms with Gasteiger partial charge in [0.05, 0.1) is 17.6 Å². The Kier molecular flexibility index (Phi) is 4.39. The van der Waals surface area contributed by atoms with Crippen LogP contribution in [0, 0.1) is 16.0 Å². The molecule has 2 unspecified atom stereocenters. The van der Waals surface area contributed by atoms with Crippen LogP contribution in [-0.2, 0) is 0 Å². The molecule has 7 heteroatoms. The van der Waals surface area contributed by atoms with E-state index in [0.717, 1.165) is 6.42 Å². The fourth-order valence-corrected chi connectivity index (χ4v) is 2.62. The summed E-state index contributed by atoms with van der Waals surface area (Å²) in [6.45, 7) is 5.34. The van der Waals surface area contributed by atoms with Gasteiger partial charge in [-0.2, -0.15) is 0 Å². The van der Waals surface area contributed by atoms with Crippen LogP contribution in [0.2, 0.25) is 0 Å². The van der Waals surface area contributed by atoms with Gasteiger partial charge in [0.15, 0.2) is 0 Å². The van der Waals surface area contributed by atoms with Crippen molar-refractivity contribution in [2.45, 2.75) is 26.3 Å². The maximum absolute atomic E-state index is 11.2. The lowest BCUT2D eigenvalue weighted by Crippen LogP contribution is -2.36. The highest BCUT2D eigenvalue weighted by atomic mass is 16.6. The predicted molar refractivity (Wildman–Crippen MR) is 77.1 cm³/mol. The molecule has 2 N–H and O–H groups in total. The number of nitrogens with zero attached hydrogens (tertiary/aromatic N) is 3. The van der Waals surface area contributed by atoms with Crippen molar-refractivity contribution in [3.63, 3.8) is 0 Å². The monoisotopic (exact) mass is 280 g/mol. The van der Waals surface area contributed by atoms with E-state index in [1.165, 1.54) is 6.07 Å². The van der Waals surface area contributed by atoms with Crippen LogP contribution in [0.1, 0.15) is 20.3 Å². The van der Waals surface area contributed by atoms with Crippen LogP contribution in [0.5, 0.6) is 0 Å². The zero-order valence-electron chi connectivity index (χ0n) is 11.7. The van der Waals surface area contributed by atoms with Gasteiger partial charge in [-0.15, -0.1) is 0 Å². The molecule has 0 saturated carbocycles. The first-order chi connectivity index (χ1) is 9.58. The first kappa shape index (κ1) is 14.5. The summed E-state index contributed by atoms with van der Waals surface area (Å²) < 4.78 is 0. The number of rotatable bonds is 5. The Hall–Kier alpha value is -1.89. The quantitative estimate of drug-likeness (QED) is 0.629. The van der Waals surface area contributed by atoms with E-state index in [-0.39, 0.29) is 18.3 Å². The third kappa shape index (κ3) is 2.67. The third-order valence-corrected chi connectivity index (χ3v) is 3.75. The van der Waals surface area contributed by atoms with Crippen LogP contribution in [0.15, 0.2) is 12.1 Å². The van der Waals surface area contributed by atoms with Crippen LogP contribution < -0.4 is 10.2 Å². The smallest absolute Gasteiger partial charge is 0.311 e. The van der Waals surface area contributed by atoms with E-state index in [1.807, 2.05) is 18.7 Å². The number of aromatic nitrogens is 1. The van der Waals surface area contributed by atoms with E-state index in [0.29, 0.717) is 30.6 Å². The Balaban J connectivity index is 2.41. The summed E-state index contributed by atoms with van der Waals surface area (Å²) in [5, 5.41) is 23.8. The highest BCUT2D eigenvalue weighted by Gasteiger charge is 2.35. The van der Waals surface area contributed by atoms with Crippen LogP contribution in [0.4, 0.5) is 17.3 Å². The summed E-state index contributed by atoms with van der Waals surface area (Å²) in [4.78, 5) is 17.0. The van der Waals surface area contributed by atoms with E-state index in [4.69, 9.17) is 0 Å². The maximum Gasteiger partial charge on any atom is 0.311 e. The number of nitro groups is 1. The largest absolute Gasteiger partial charge is 0.394 e. The number of hydrogen-bond acceptors (Lipinski definition) is 6. The molecule has 2 rings (SSSR count). The summed E-state index contributed by atoms with van der Waals surface area (Å²) in [6.07, 6.45) is 0.898. The molecule has 20 heavy (non-hydrogen) atoms. The van der Waals surface area contributed by atoms with E-state index >= 15 is 0 Å². The van der Waals surface area contributed by atoms with Gasteiger partial charge in [-0.3, -0.25) is 10.1 Å². The molecule has 110 valence electrons. The highest BCUT2D eigenvalue weighted by molar-refractivity contribution is 5.63. The van der Waals surface area contributed by atoms with Crippen molar-refractivity contribution in [1.29, 1.82) is 0 Å². The number of aliphatic hydroxyl groups excluding tert-OH is 1. The van der Waals surface area contributed by atoms with Crippen molar-refractivity contribution in [1.82, 2.24) is 4.98 Å². The van der Waals surface area contributed by atoms with Crippen molar-refractivity contribution < 1.29 is 10.0 Å². The van der Waals surface area contributed by atoms with Gasteiger partial charge in [0.25, 0.3) is 0 Å². The average Bonchev–Trinajstić information content (AvgIpc) is 2.79. The molecule has 0 aromatic carbocycles. The molecule has 2 atom stereocenters. The normalized spacial score (nSPS) is 22.1. The van der Waals surface area contributed by atoms with Gasteiger partial charge in [-0.25, -0.2) is 4.98 Å². The number of anilines is 2. The van der Waals surface area contributed by atoms with E-state index in [9.17, 15) is 15.2 Å². The number of hydrogen-bond donors (Lipinski definition) is 2. The molecular formula is C13H20N4O3. The van der Waals surface area contributed by atoms with Crippen molar-refractivity contribution >= 4 is 17.3 Å². The molecule has 0 bridgehead atoms. The summed E-state index contributed by atoms with van der Waals surface area (Å²) in [5.41, 5.74) is -0.0146. The average molecular weight is 280 g/mol. The minimum Gasteiger partial charge on any atom is -0.394 e. The van der Waals surface area contributed by atoms with Gasteiger partial charge >= 0.3 is 5.69 Å². The van der Waals surface area contributed by atoms with Gasteiger partial charge in [0, 0.05) is 19.2 Å². The van der Waals surface area contributed by atoms with Gasteiger partial charge in [0.1, 0.15) is 5.82 Å². The molecule has 0 spiro atoms. The standard InChI is InChI=1S/C13H20N4O3/c1-3-14-12-5-4-10(17(19)20)13(15-12)16-7-6-9(2)11(16)8-18/h4-5,9,11,18H,3,6-8H2,1-2H3,(H,14,15). The minimum atomic E-state index is -0.421. The number of aliphatic hydroxyl groups is 1. The Morgan fingerprint density at radius 2 is 2.35 bits per heavy atom. The molecule has 0 radical (unpaired) electrons. The number of nitrogens with one attached hydrogen (secondary N) is 1. The van der Waals surface area contributed by atoms with Crippen LogP contribution in [-0.4, -0.2) is 40.8 Å². The molecule has 1 fully saturated rings. The summed E-state index contributed by atoms with van der Waals surface area (Å²) >= 11 is 0. The van der Waals surface area contributed by atoms with Crippen LogP contribution in [0.3, 0.4) is 0 Å². The van der Waals surface area contributed by atoms with Crippen molar-refractivity contribution in [2.24, 2.45) is 5.92 Å². The SMILES string of the molecule is CCNc1ccc([N+](=O)[O-])c(N2CCC(C)C2CO)n1. The van der Waals surface area contributed by atoms with E-state index in [1.54, 1.807) is 6.07 Å². The van der Waals surface area contributed by atoms with Crippen LogP contribution in [0.25, 0.3) is 0 Å². The second kappa shape index (κ2) is 6.04. The lowest BCUT2D eigenvalue weighted by atomic mass is 10.0. The molecule has 2 heterocycles. The van der Waals surface area contributed by atoms with Gasteiger partial charge < -0.3 is 15.3 Å². The highest BCUT2D eigenvalue weighted by Crippen LogP contribution is 2.34. The van der Waals surface area contributed by atoms with Gasteiger partial charge in [0.2, 0.25) is 5.82 Å². The molecule has 0 aliphatic carbocycles. The second-order valence-electron chi connectivity index (χ2n) is 5.04. The molecule has 1 aliphatic heterocycles. The molecule has 1 aromatic heterocycles. The van der Waals surface area contributed by atoms with Crippen molar-refractivity contribution in [3.8, 4) is 0 Å². The maximum atomic E-state index is 11.2. The van der Waals surface area contributed by atoms with E-state index < -0.39 is 4.92 Å². The molecular weight excluding hydrogens is 260 g/mol. The van der Waals surface area contributed by atoms with Crippen LogP contribution >= 0.6 is 0 Å². The Bertz CT molecular complexity index is 495. The van der Waals surface area contributed by atoms with Crippen molar-refractivity contribution in [2.75, 3.05) is 29.9 Å². The Morgan fingerprint density at radius 3 is 2.95 bits per heavy atom. The Morgan fingerprint density at radius 1 is 1.60 bits per heavy atom. The molecule has 7 nitrogen and oxygen atoms in total. The second-order valence-corrected chi connectivity index (χ2v) is 5.04. The summed E-state index contributed by atoms with van der Waals surface area (Å²) in [6, 6.07) is 2.97. The lowest BCUT2D eigenvalue weighted by molar-refractivity contribution is -0.384. The topological polar surface area (TPSA) is 91.5 Å². The first-order valence-corrected chi connectivity index (χ1v) is 6.85. The van der Waals surface area contributed by atoms with Gasteiger partial charge in [-0.1, -0.05) is 6.92 Å². The summed E-state index contributed by atoms with van der Waals surface area (Å²) in [7, 11) is 0. The summed E-state index contributed by atoms with van der Waals surface area (Å²) in [5.74, 6) is 1.25. The minimum absolute atomic E-state index is 0.0146. The fourth-order valence-electron chi connectivity index (χ4n) is 2.62. The number of pyridine rings is 1. The van der Waals surface area contributed by atoms with E-state index in [2.05, 4.69) is 10.3 Å². The molecule has 0 amide bonds. The molecule has 1 saturated heterocycles. The van der Waals surface area contributed by atoms with Gasteiger partial charge in [-0.05, 0) is 25.3 Å². The fraction of sp³-hybridized carbons (Fsp3) is 0.615. The van der Waals surface area contributed by atoms with Crippen molar-refractivity contribution in [3.05, 3.63) is 22.2 Å². The Labute approximate surface area is 117 Å².